The van der Waals surface area contributed by atoms with Gasteiger partial charge in [-0.25, -0.2) is 0 Å². The van der Waals surface area contributed by atoms with Crippen molar-refractivity contribution in [2.75, 3.05) is 6.61 Å². The molecule has 3 unspecified atom stereocenters. The van der Waals surface area contributed by atoms with Crippen LogP contribution in [0.1, 0.15) is 271 Å². The van der Waals surface area contributed by atoms with E-state index >= 15 is 0 Å². The van der Waals surface area contributed by atoms with Crippen LogP contribution in [-0.4, -0.2) is 46.9 Å². The molecule has 0 aromatic heterocycles. The number of carbonyl (C=O) groups is 2. The number of aliphatic hydroxyl groups is 2. The summed E-state index contributed by atoms with van der Waals surface area (Å²) in [6.07, 6.45) is 64.2. The quantitative estimate of drug-likeness (QED) is 0.0321. The van der Waals surface area contributed by atoms with Crippen molar-refractivity contribution < 1.29 is 24.5 Å². The SMILES string of the molecule is CCC/C=C/C=C/C=C/C=C/C=C/CCCCCC(CC(=O)NC(CO)C(O)CCCCCCCCCCCCCCC)OC(=O)CCCCCCCCCCCCCCCCCC. The van der Waals surface area contributed by atoms with Gasteiger partial charge in [0.15, 0.2) is 0 Å². The minimum absolute atomic E-state index is 0.0507. The third-order valence-electron chi connectivity index (χ3n) is 12.5. The average molecular weight is 896 g/mol. The van der Waals surface area contributed by atoms with Crippen molar-refractivity contribution in [1.82, 2.24) is 5.32 Å². The lowest BCUT2D eigenvalue weighted by Crippen LogP contribution is -2.46. The maximum atomic E-state index is 13.2. The van der Waals surface area contributed by atoms with Gasteiger partial charge in [-0.3, -0.25) is 9.59 Å². The zero-order valence-electron chi connectivity index (χ0n) is 42.4. The van der Waals surface area contributed by atoms with Crippen molar-refractivity contribution in [3.05, 3.63) is 60.8 Å². The molecule has 0 bridgehead atoms. The molecule has 64 heavy (non-hydrogen) atoms. The van der Waals surface area contributed by atoms with Gasteiger partial charge < -0.3 is 20.3 Å². The predicted molar refractivity (Wildman–Crippen MR) is 278 cm³/mol. The van der Waals surface area contributed by atoms with E-state index in [4.69, 9.17) is 4.74 Å². The molecule has 0 aromatic carbocycles. The normalized spacial score (nSPS) is 13.6. The number of esters is 1. The lowest BCUT2D eigenvalue weighted by Gasteiger charge is -2.24. The molecule has 0 saturated carbocycles. The zero-order valence-corrected chi connectivity index (χ0v) is 42.4. The molecule has 0 fully saturated rings. The van der Waals surface area contributed by atoms with Gasteiger partial charge in [-0.15, -0.1) is 0 Å². The second-order valence-electron chi connectivity index (χ2n) is 18.8. The summed E-state index contributed by atoms with van der Waals surface area (Å²) in [6.45, 7) is 6.40. The molecule has 0 aliphatic carbocycles. The maximum Gasteiger partial charge on any atom is 0.306 e. The molecule has 0 rings (SSSR count). The minimum Gasteiger partial charge on any atom is -0.462 e. The molecule has 3 N–H and O–H groups in total. The van der Waals surface area contributed by atoms with Crippen molar-refractivity contribution >= 4 is 11.9 Å². The van der Waals surface area contributed by atoms with E-state index in [0.717, 1.165) is 70.6 Å². The Morgan fingerprint density at radius 3 is 1.27 bits per heavy atom. The highest BCUT2D eigenvalue weighted by Crippen LogP contribution is 2.18. The van der Waals surface area contributed by atoms with Gasteiger partial charge in [0, 0.05) is 6.42 Å². The van der Waals surface area contributed by atoms with Crippen LogP contribution in [0.2, 0.25) is 0 Å². The van der Waals surface area contributed by atoms with Crippen LogP contribution >= 0.6 is 0 Å². The van der Waals surface area contributed by atoms with E-state index in [1.54, 1.807) is 0 Å². The van der Waals surface area contributed by atoms with E-state index in [2.05, 4.69) is 50.4 Å². The number of allylic oxidation sites excluding steroid dienone is 10. The number of amides is 1. The Morgan fingerprint density at radius 1 is 0.453 bits per heavy atom. The maximum absolute atomic E-state index is 13.2. The van der Waals surface area contributed by atoms with E-state index in [1.807, 2.05) is 36.5 Å². The number of hydrogen-bond donors (Lipinski definition) is 3. The Balaban J connectivity index is 4.65. The van der Waals surface area contributed by atoms with Crippen LogP contribution in [-0.2, 0) is 14.3 Å². The summed E-state index contributed by atoms with van der Waals surface area (Å²) in [5, 5.41) is 23.8. The van der Waals surface area contributed by atoms with Gasteiger partial charge in [0.1, 0.15) is 6.10 Å². The van der Waals surface area contributed by atoms with Crippen molar-refractivity contribution in [3.8, 4) is 0 Å². The number of carbonyl (C=O) groups excluding carboxylic acids is 2. The highest BCUT2D eigenvalue weighted by atomic mass is 16.5. The number of nitrogens with one attached hydrogen (secondary N) is 1. The van der Waals surface area contributed by atoms with Crippen LogP contribution in [0.25, 0.3) is 0 Å². The average Bonchev–Trinajstić information content (AvgIpc) is 3.29. The molecular weight excluding hydrogens is 791 g/mol. The molecule has 0 aromatic rings. The lowest BCUT2D eigenvalue weighted by atomic mass is 10.0. The highest BCUT2D eigenvalue weighted by Gasteiger charge is 2.24. The third-order valence-corrected chi connectivity index (χ3v) is 12.5. The third kappa shape index (κ3) is 46.1. The van der Waals surface area contributed by atoms with Crippen LogP contribution in [0.5, 0.6) is 0 Å². The first-order valence-corrected chi connectivity index (χ1v) is 27.6. The standard InChI is InChI=1S/C58H105NO5/c1-4-7-10-13-16-19-22-25-27-29-32-34-37-40-43-46-49-54(64-58(63)51-48-45-42-39-36-33-30-28-26-23-20-17-14-11-8-5-2)52-57(62)59-55(53-60)56(61)50-47-44-41-38-35-31-24-21-18-15-12-9-6-3/h10,13,16,19,22,25,27,29,32,34,54-56,60-61H,4-9,11-12,14-15,17-18,20-21,23-24,26,28,30-31,33,35-53H2,1-3H3,(H,59,62)/b13-10+,19-16+,25-22+,29-27+,34-32+. The molecule has 0 saturated heterocycles. The van der Waals surface area contributed by atoms with Crippen molar-refractivity contribution in [2.45, 2.75) is 289 Å². The fourth-order valence-electron chi connectivity index (χ4n) is 8.29. The largest absolute Gasteiger partial charge is 0.462 e. The Hall–Kier alpha value is -2.44. The van der Waals surface area contributed by atoms with Gasteiger partial charge in [0.2, 0.25) is 5.91 Å². The van der Waals surface area contributed by atoms with Gasteiger partial charge >= 0.3 is 5.97 Å². The summed E-state index contributed by atoms with van der Waals surface area (Å²) in [7, 11) is 0. The monoisotopic (exact) mass is 896 g/mol. The van der Waals surface area contributed by atoms with E-state index in [1.165, 1.54) is 154 Å². The Bertz CT molecular complexity index is 1140. The fourth-order valence-corrected chi connectivity index (χ4v) is 8.29. The summed E-state index contributed by atoms with van der Waals surface area (Å²) in [5.41, 5.74) is 0. The van der Waals surface area contributed by atoms with Gasteiger partial charge in [0.05, 0.1) is 25.2 Å². The molecule has 0 radical (unpaired) electrons. The Kier molecular flexibility index (Phi) is 49.6. The Morgan fingerprint density at radius 2 is 0.828 bits per heavy atom. The van der Waals surface area contributed by atoms with E-state index in [9.17, 15) is 19.8 Å². The van der Waals surface area contributed by atoms with Crippen LogP contribution in [0, 0.1) is 0 Å². The summed E-state index contributed by atoms with van der Waals surface area (Å²) in [5.74, 6) is -0.507. The smallest absolute Gasteiger partial charge is 0.306 e. The lowest BCUT2D eigenvalue weighted by molar-refractivity contribution is -0.151. The molecule has 0 spiro atoms. The van der Waals surface area contributed by atoms with Crippen LogP contribution in [0.15, 0.2) is 60.8 Å². The molecular formula is C58H105NO5. The van der Waals surface area contributed by atoms with Crippen molar-refractivity contribution in [2.24, 2.45) is 0 Å². The van der Waals surface area contributed by atoms with Crippen molar-refractivity contribution in [1.29, 1.82) is 0 Å². The van der Waals surface area contributed by atoms with E-state index in [-0.39, 0.29) is 24.9 Å². The first-order valence-electron chi connectivity index (χ1n) is 27.6. The highest BCUT2D eigenvalue weighted by molar-refractivity contribution is 5.77. The summed E-state index contributed by atoms with van der Waals surface area (Å²) < 4.78 is 5.94. The summed E-state index contributed by atoms with van der Waals surface area (Å²) in [6, 6.07) is -0.716. The van der Waals surface area contributed by atoms with Gasteiger partial charge in [-0.05, 0) is 44.9 Å². The molecule has 3 atom stereocenters. The molecule has 0 aliphatic heterocycles. The molecule has 1 amide bonds. The van der Waals surface area contributed by atoms with Gasteiger partial charge in [-0.2, -0.15) is 0 Å². The summed E-state index contributed by atoms with van der Waals surface area (Å²) >= 11 is 0. The molecule has 0 aliphatic rings. The number of ether oxygens (including phenoxy) is 1. The Labute approximate surface area is 397 Å². The summed E-state index contributed by atoms with van der Waals surface area (Å²) in [4.78, 5) is 26.2. The number of aliphatic hydroxyl groups excluding tert-OH is 2. The van der Waals surface area contributed by atoms with E-state index in [0.29, 0.717) is 19.3 Å². The second kappa shape index (κ2) is 51.5. The van der Waals surface area contributed by atoms with Crippen LogP contribution in [0.4, 0.5) is 0 Å². The predicted octanol–water partition coefficient (Wildman–Crippen LogP) is 16.8. The number of rotatable bonds is 49. The van der Waals surface area contributed by atoms with Crippen LogP contribution < -0.4 is 5.32 Å². The number of hydrogen-bond acceptors (Lipinski definition) is 5. The molecule has 6 heteroatoms. The first kappa shape index (κ1) is 61.6. The zero-order chi connectivity index (χ0) is 46.7. The fraction of sp³-hybridized carbons (Fsp3) is 0.793. The first-order chi connectivity index (χ1) is 31.5. The molecule has 372 valence electrons. The topological polar surface area (TPSA) is 95.9 Å². The molecule has 0 heterocycles. The molecule has 6 nitrogen and oxygen atoms in total. The number of unbranched alkanes of at least 4 members (excludes halogenated alkanes) is 31. The van der Waals surface area contributed by atoms with Gasteiger partial charge in [-0.1, -0.05) is 274 Å². The minimum atomic E-state index is -0.800. The van der Waals surface area contributed by atoms with Crippen molar-refractivity contribution in [3.63, 3.8) is 0 Å². The van der Waals surface area contributed by atoms with Crippen LogP contribution in [0.3, 0.4) is 0 Å². The second-order valence-corrected chi connectivity index (χ2v) is 18.8. The van der Waals surface area contributed by atoms with Gasteiger partial charge in [0.25, 0.3) is 0 Å². The van der Waals surface area contributed by atoms with E-state index < -0.39 is 18.2 Å².